The molecule has 1 fully saturated rings. The number of nitrogens with one attached hydrogen (secondary N) is 2. The summed E-state index contributed by atoms with van der Waals surface area (Å²) in [5.74, 6) is 1.72. The van der Waals surface area contributed by atoms with Crippen LogP contribution in [0.25, 0.3) is 0 Å². The molecular formula is C13H20N4O2. The summed E-state index contributed by atoms with van der Waals surface area (Å²) in [5.41, 5.74) is 0.0428. The lowest BCUT2D eigenvalue weighted by atomic mass is 10.1. The zero-order valence-electron chi connectivity index (χ0n) is 11.3. The van der Waals surface area contributed by atoms with Crippen molar-refractivity contribution in [3.05, 3.63) is 22.2 Å². The standard InChI is InChI=1S/C13H20N4O2/c1-3-14-12-7-6-11(17(18)19)13(16-12)15-10-5-4-9(2)8-10/h6-7,9-10H,3-5,8H2,1-2H3,(H2,14,15,16). The molecule has 0 saturated heterocycles. The third kappa shape index (κ3) is 3.33. The molecule has 1 aliphatic carbocycles. The van der Waals surface area contributed by atoms with Gasteiger partial charge in [0.15, 0.2) is 0 Å². The number of nitro groups is 1. The van der Waals surface area contributed by atoms with Gasteiger partial charge in [0.05, 0.1) is 4.92 Å². The molecule has 104 valence electrons. The molecule has 1 heterocycles. The molecular weight excluding hydrogens is 244 g/mol. The molecule has 0 radical (unpaired) electrons. The molecule has 1 aromatic rings. The molecule has 2 unspecified atom stereocenters. The molecule has 0 spiro atoms. The summed E-state index contributed by atoms with van der Waals surface area (Å²) >= 11 is 0. The van der Waals surface area contributed by atoms with Gasteiger partial charge in [0, 0.05) is 18.7 Å². The molecule has 2 rings (SSSR count). The van der Waals surface area contributed by atoms with Gasteiger partial charge < -0.3 is 10.6 Å². The molecule has 6 nitrogen and oxygen atoms in total. The minimum atomic E-state index is -0.385. The molecule has 0 amide bonds. The van der Waals surface area contributed by atoms with Crippen molar-refractivity contribution in [2.24, 2.45) is 5.92 Å². The zero-order chi connectivity index (χ0) is 13.8. The molecule has 2 N–H and O–H groups in total. The number of anilines is 2. The van der Waals surface area contributed by atoms with E-state index in [2.05, 4.69) is 22.5 Å². The molecule has 1 aromatic heterocycles. The fraction of sp³-hybridized carbons (Fsp3) is 0.615. The van der Waals surface area contributed by atoms with Gasteiger partial charge in [-0.2, -0.15) is 0 Å². The van der Waals surface area contributed by atoms with Crippen LogP contribution in [0.5, 0.6) is 0 Å². The Morgan fingerprint density at radius 2 is 2.26 bits per heavy atom. The first-order valence-electron chi connectivity index (χ1n) is 6.76. The van der Waals surface area contributed by atoms with E-state index in [4.69, 9.17) is 0 Å². The Bertz CT molecular complexity index is 464. The summed E-state index contributed by atoms with van der Waals surface area (Å²) in [6, 6.07) is 3.44. The van der Waals surface area contributed by atoms with Crippen molar-refractivity contribution < 1.29 is 4.92 Å². The highest BCUT2D eigenvalue weighted by atomic mass is 16.6. The first kappa shape index (κ1) is 13.6. The van der Waals surface area contributed by atoms with Crippen LogP contribution in [-0.4, -0.2) is 22.5 Å². The van der Waals surface area contributed by atoms with Crippen molar-refractivity contribution in [1.82, 2.24) is 4.98 Å². The summed E-state index contributed by atoms with van der Waals surface area (Å²) in [6.07, 6.45) is 3.26. The van der Waals surface area contributed by atoms with E-state index in [1.54, 1.807) is 6.07 Å². The first-order valence-corrected chi connectivity index (χ1v) is 6.76. The van der Waals surface area contributed by atoms with Gasteiger partial charge in [0.25, 0.3) is 0 Å². The minimum Gasteiger partial charge on any atom is -0.370 e. The molecule has 1 aliphatic rings. The first-order chi connectivity index (χ1) is 9.10. The van der Waals surface area contributed by atoms with Crippen molar-refractivity contribution in [2.75, 3.05) is 17.2 Å². The van der Waals surface area contributed by atoms with E-state index in [0.29, 0.717) is 17.6 Å². The number of rotatable bonds is 5. The zero-order valence-corrected chi connectivity index (χ0v) is 11.3. The SMILES string of the molecule is CCNc1ccc([N+](=O)[O-])c(NC2CCC(C)C2)n1. The van der Waals surface area contributed by atoms with Crippen LogP contribution in [0.15, 0.2) is 12.1 Å². The lowest BCUT2D eigenvalue weighted by Gasteiger charge is -2.14. The van der Waals surface area contributed by atoms with Gasteiger partial charge in [-0.25, -0.2) is 4.98 Å². The van der Waals surface area contributed by atoms with E-state index in [9.17, 15) is 10.1 Å². The van der Waals surface area contributed by atoms with E-state index >= 15 is 0 Å². The Labute approximate surface area is 112 Å². The van der Waals surface area contributed by atoms with Gasteiger partial charge in [-0.05, 0) is 38.2 Å². The second-order valence-electron chi connectivity index (χ2n) is 5.11. The highest BCUT2D eigenvalue weighted by Crippen LogP contribution is 2.30. The maximum absolute atomic E-state index is 11.0. The Morgan fingerprint density at radius 3 is 2.84 bits per heavy atom. The van der Waals surface area contributed by atoms with E-state index in [1.165, 1.54) is 12.5 Å². The molecule has 6 heteroatoms. The highest BCUT2D eigenvalue weighted by molar-refractivity contribution is 5.60. The average Bonchev–Trinajstić information content (AvgIpc) is 2.75. The van der Waals surface area contributed by atoms with Crippen molar-refractivity contribution >= 4 is 17.3 Å². The van der Waals surface area contributed by atoms with Gasteiger partial charge in [0.2, 0.25) is 5.82 Å². The predicted molar refractivity (Wildman–Crippen MR) is 75.5 cm³/mol. The number of aromatic nitrogens is 1. The van der Waals surface area contributed by atoms with Gasteiger partial charge >= 0.3 is 5.69 Å². The lowest BCUT2D eigenvalue weighted by Crippen LogP contribution is -2.17. The molecule has 1 saturated carbocycles. The number of hydrogen-bond acceptors (Lipinski definition) is 5. The van der Waals surface area contributed by atoms with E-state index in [1.807, 2.05) is 6.92 Å². The summed E-state index contributed by atoms with van der Waals surface area (Å²) < 4.78 is 0. The Hall–Kier alpha value is -1.85. The van der Waals surface area contributed by atoms with Crippen LogP contribution in [0.1, 0.15) is 33.1 Å². The van der Waals surface area contributed by atoms with E-state index in [0.717, 1.165) is 19.4 Å². The van der Waals surface area contributed by atoms with E-state index < -0.39 is 0 Å². The summed E-state index contributed by atoms with van der Waals surface area (Å²) in [6.45, 7) is 4.91. The number of hydrogen-bond donors (Lipinski definition) is 2. The largest absolute Gasteiger partial charge is 0.370 e. The second-order valence-corrected chi connectivity index (χ2v) is 5.11. The lowest BCUT2D eigenvalue weighted by molar-refractivity contribution is -0.384. The van der Waals surface area contributed by atoms with Gasteiger partial charge in [-0.1, -0.05) is 6.92 Å². The van der Waals surface area contributed by atoms with Crippen LogP contribution in [0.3, 0.4) is 0 Å². The summed E-state index contributed by atoms with van der Waals surface area (Å²) in [4.78, 5) is 15.0. The average molecular weight is 264 g/mol. The molecule has 19 heavy (non-hydrogen) atoms. The van der Waals surface area contributed by atoms with Crippen molar-refractivity contribution in [3.63, 3.8) is 0 Å². The normalized spacial score (nSPS) is 22.2. The Kier molecular flexibility index (Phi) is 4.19. The van der Waals surface area contributed by atoms with Crippen LogP contribution in [0, 0.1) is 16.0 Å². The van der Waals surface area contributed by atoms with Crippen LogP contribution in [-0.2, 0) is 0 Å². The summed E-state index contributed by atoms with van der Waals surface area (Å²) in [7, 11) is 0. The quantitative estimate of drug-likeness (QED) is 0.631. The predicted octanol–water partition coefficient (Wildman–Crippen LogP) is 3.02. The monoisotopic (exact) mass is 264 g/mol. The van der Waals surface area contributed by atoms with Gasteiger partial charge in [-0.3, -0.25) is 10.1 Å². The third-order valence-electron chi connectivity index (χ3n) is 3.46. The van der Waals surface area contributed by atoms with Crippen molar-refractivity contribution in [2.45, 2.75) is 39.2 Å². The molecule has 0 bridgehead atoms. The van der Waals surface area contributed by atoms with Crippen LogP contribution < -0.4 is 10.6 Å². The molecule has 0 aromatic carbocycles. The Morgan fingerprint density at radius 1 is 1.47 bits per heavy atom. The maximum atomic E-state index is 11.0. The van der Waals surface area contributed by atoms with Crippen molar-refractivity contribution in [1.29, 1.82) is 0 Å². The highest BCUT2D eigenvalue weighted by Gasteiger charge is 2.25. The second kappa shape index (κ2) is 5.86. The number of pyridine rings is 1. The van der Waals surface area contributed by atoms with Crippen molar-refractivity contribution in [3.8, 4) is 0 Å². The minimum absolute atomic E-state index is 0.0428. The fourth-order valence-corrected chi connectivity index (χ4v) is 2.52. The smallest absolute Gasteiger partial charge is 0.311 e. The fourth-order valence-electron chi connectivity index (χ4n) is 2.52. The number of nitrogens with zero attached hydrogens (tertiary/aromatic N) is 2. The topological polar surface area (TPSA) is 80.1 Å². The Balaban J connectivity index is 2.19. The van der Waals surface area contributed by atoms with Gasteiger partial charge in [-0.15, -0.1) is 0 Å². The van der Waals surface area contributed by atoms with Crippen LogP contribution in [0.2, 0.25) is 0 Å². The van der Waals surface area contributed by atoms with Crippen LogP contribution in [0.4, 0.5) is 17.3 Å². The molecule has 0 aliphatic heterocycles. The van der Waals surface area contributed by atoms with Gasteiger partial charge in [0.1, 0.15) is 5.82 Å². The maximum Gasteiger partial charge on any atom is 0.311 e. The third-order valence-corrected chi connectivity index (χ3v) is 3.46. The van der Waals surface area contributed by atoms with Crippen LogP contribution >= 0.6 is 0 Å². The molecule has 2 atom stereocenters. The van der Waals surface area contributed by atoms with E-state index in [-0.39, 0.29) is 16.7 Å². The summed E-state index contributed by atoms with van der Waals surface area (Å²) in [5, 5.41) is 17.3.